The van der Waals surface area contributed by atoms with Crippen molar-refractivity contribution in [2.75, 3.05) is 11.9 Å². The van der Waals surface area contributed by atoms with Crippen LogP contribution >= 0.6 is 11.6 Å². The Kier molecular flexibility index (Phi) is 6.92. The summed E-state index contributed by atoms with van der Waals surface area (Å²) in [5, 5.41) is 31.2. The van der Waals surface area contributed by atoms with Gasteiger partial charge in [0.15, 0.2) is 23.2 Å². The number of nitrogens with zero attached hydrogens (tertiary/aromatic N) is 4. The number of fused-ring (bicyclic) bond motifs is 2. The number of ether oxygens (including phenoxy) is 1. The largest absolute Gasteiger partial charge is 0.387 e. The van der Waals surface area contributed by atoms with Crippen LogP contribution in [0, 0.1) is 0 Å². The van der Waals surface area contributed by atoms with Crippen molar-refractivity contribution in [1.29, 1.82) is 0 Å². The van der Waals surface area contributed by atoms with E-state index in [1.165, 1.54) is 17.1 Å². The highest BCUT2D eigenvalue weighted by Gasteiger charge is 2.44. The molecule has 0 radical (unpaired) electrons. The van der Waals surface area contributed by atoms with Crippen LogP contribution in [0.5, 0.6) is 0 Å². The molecule has 2 aromatic heterocycles. The van der Waals surface area contributed by atoms with Gasteiger partial charge in [0.05, 0.1) is 6.33 Å². The van der Waals surface area contributed by atoms with E-state index in [0.29, 0.717) is 41.6 Å². The molecular formula is C28H27ClN6O3. The maximum atomic E-state index is 10.8. The van der Waals surface area contributed by atoms with Gasteiger partial charge in [0.1, 0.15) is 24.6 Å². The third-order valence-corrected chi connectivity index (χ3v) is 7.10. The lowest BCUT2D eigenvalue weighted by Crippen LogP contribution is -2.37. The summed E-state index contributed by atoms with van der Waals surface area (Å²) in [4.78, 5) is 13.2. The third-order valence-electron chi connectivity index (χ3n) is 6.86. The highest BCUT2D eigenvalue weighted by molar-refractivity contribution is 6.30. The fraction of sp³-hybridized carbons (Fsp3) is 0.250. The molecule has 0 saturated carbocycles. The Bertz CT molecular complexity index is 1570. The van der Waals surface area contributed by atoms with Crippen molar-refractivity contribution >= 4 is 39.4 Å². The molecule has 1 aliphatic heterocycles. The average Bonchev–Trinajstić information content (AvgIpc) is 3.49. The van der Waals surface area contributed by atoms with Crippen LogP contribution in [0.1, 0.15) is 17.4 Å². The van der Waals surface area contributed by atoms with Gasteiger partial charge in [-0.1, -0.05) is 66.2 Å². The van der Waals surface area contributed by atoms with Crippen LogP contribution in [0.2, 0.25) is 5.02 Å². The van der Waals surface area contributed by atoms with Crippen LogP contribution in [0.15, 0.2) is 79.4 Å². The number of aliphatic hydroxyl groups is 2. The molecule has 1 saturated heterocycles. The van der Waals surface area contributed by atoms with Gasteiger partial charge < -0.3 is 25.6 Å². The molecule has 0 unspecified atom stereocenters. The molecule has 38 heavy (non-hydrogen) atoms. The van der Waals surface area contributed by atoms with Crippen LogP contribution < -0.4 is 10.6 Å². The number of imidazole rings is 1. The van der Waals surface area contributed by atoms with Crippen LogP contribution in [0.25, 0.3) is 21.9 Å². The molecule has 9 nitrogen and oxygen atoms in total. The van der Waals surface area contributed by atoms with E-state index in [9.17, 15) is 10.2 Å². The molecule has 194 valence electrons. The van der Waals surface area contributed by atoms with Crippen molar-refractivity contribution in [3.8, 4) is 0 Å². The maximum absolute atomic E-state index is 10.8. The summed E-state index contributed by atoms with van der Waals surface area (Å²) in [6.45, 7) is 1.48. The third kappa shape index (κ3) is 4.82. The zero-order valence-electron chi connectivity index (χ0n) is 20.4. The topological polar surface area (TPSA) is 117 Å². The number of halogens is 1. The molecule has 0 aliphatic carbocycles. The summed E-state index contributed by atoms with van der Waals surface area (Å²) < 4.78 is 7.75. The first-order valence-corrected chi connectivity index (χ1v) is 12.8. The second-order valence-electron chi connectivity index (χ2n) is 9.35. The van der Waals surface area contributed by atoms with E-state index in [0.717, 1.165) is 11.1 Å². The number of hydrogen-bond donors (Lipinski definition) is 4. The Labute approximate surface area is 224 Å². The molecule has 3 heterocycles. The number of aromatic nitrogens is 4. The van der Waals surface area contributed by atoms with Gasteiger partial charge in [0.2, 0.25) is 0 Å². The summed E-state index contributed by atoms with van der Waals surface area (Å²) >= 11 is 6.09. The first kappa shape index (κ1) is 24.7. The molecule has 4 atom stereocenters. The van der Waals surface area contributed by atoms with E-state index in [1.807, 2.05) is 42.5 Å². The lowest BCUT2D eigenvalue weighted by molar-refractivity contribution is -0.0342. The van der Waals surface area contributed by atoms with Crippen molar-refractivity contribution in [3.05, 3.63) is 95.5 Å². The molecule has 0 spiro atoms. The summed E-state index contributed by atoms with van der Waals surface area (Å²) in [5.41, 5.74) is 3.19. The second-order valence-corrected chi connectivity index (χ2v) is 9.78. The number of benzene rings is 3. The van der Waals surface area contributed by atoms with Crippen LogP contribution in [0.3, 0.4) is 0 Å². The summed E-state index contributed by atoms with van der Waals surface area (Å²) in [6.07, 6.45) is -0.674. The second kappa shape index (κ2) is 10.6. The van der Waals surface area contributed by atoms with Crippen molar-refractivity contribution in [2.24, 2.45) is 0 Å². The lowest BCUT2D eigenvalue weighted by atomic mass is 10.0. The minimum absolute atomic E-state index is 0.367. The van der Waals surface area contributed by atoms with Crippen molar-refractivity contribution < 1.29 is 14.9 Å². The average molecular weight is 531 g/mol. The molecular weight excluding hydrogens is 504 g/mol. The number of aliphatic hydroxyl groups excluding tert-OH is 2. The molecule has 5 aromatic rings. The quantitative estimate of drug-likeness (QED) is 0.240. The van der Waals surface area contributed by atoms with Gasteiger partial charge >= 0.3 is 0 Å². The van der Waals surface area contributed by atoms with Crippen LogP contribution in [-0.2, 0) is 17.8 Å². The van der Waals surface area contributed by atoms with E-state index in [2.05, 4.69) is 49.9 Å². The van der Waals surface area contributed by atoms with Gasteiger partial charge in [-0.05, 0) is 34.0 Å². The van der Waals surface area contributed by atoms with E-state index in [1.54, 1.807) is 10.9 Å². The summed E-state index contributed by atoms with van der Waals surface area (Å²) in [7, 11) is 0. The van der Waals surface area contributed by atoms with Gasteiger partial charge in [-0.25, -0.2) is 15.0 Å². The predicted octanol–water partition coefficient (Wildman–Crippen LogP) is 3.65. The first-order valence-electron chi connectivity index (χ1n) is 12.4. The van der Waals surface area contributed by atoms with Crippen molar-refractivity contribution in [3.63, 3.8) is 0 Å². The van der Waals surface area contributed by atoms with E-state index in [4.69, 9.17) is 16.3 Å². The molecule has 4 N–H and O–H groups in total. The molecule has 0 bridgehead atoms. The minimum atomic E-state index is -1.14. The first-order chi connectivity index (χ1) is 18.6. The van der Waals surface area contributed by atoms with E-state index < -0.39 is 24.5 Å². The van der Waals surface area contributed by atoms with Gasteiger partial charge in [-0.15, -0.1) is 0 Å². The molecule has 1 aliphatic rings. The number of hydrogen-bond acceptors (Lipinski definition) is 8. The summed E-state index contributed by atoms with van der Waals surface area (Å²) in [5.74, 6) is 0.551. The molecule has 6 rings (SSSR count). The smallest absolute Gasteiger partial charge is 0.167 e. The molecule has 1 fully saturated rings. The van der Waals surface area contributed by atoms with Gasteiger partial charge in [0.25, 0.3) is 0 Å². The molecule has 3 aromatic carbocycles. The monoisotopic (exact) mass is 530 g/mol. The zero-order chi connectivity index (χ0) is 26.1. The molecule has 10 heteroatoms. The highest BCUT2D eigenvalue weighted by Crippen LogP contribution is 2.32. The van der Waals surface area contributed by atoms with Gasteiger partial charge in [0, 0.05) is 24.7 Å². The van der Waals surface area contributed by atoms with E-state index in [-0.39, 0.29) is 0 Å². The Hall–Kier alpha value is -3.60. The Morgan fingerprint density at radius 1 is 0.921 bits per heavy atom. The minimum Gasteiger partial charge on any atom is -0.387 e. The Morgan fingerprint density at radius 3 is 2.66 bits per heavy atom. The summed E-state index contributed by atoms with van der Waals surface area (Å²) in [6, 6.07) is 22.0. The number of nitrogens with one attached hydrogen (secondary N) is 2. The standard InChI is InChI=1S/C28H27ClN6O3/c29-20-9-3-5-17(11-20)12-31-26-23-27(33-15-32-26)35(16-34-23)28-25(37)24(36)22(38-28)14-30-13-19-8-4-7-18-6-1-2-10-21(18)19/h1-11,15-16,22,24-25,28,30,36-37H,12-14H2,(H,31,32,33)/t22-,24-,25-,28-/m1/s1. The zero-order valence-corrected chi connectivity index (χ0v) is 21.2. The fourth-order valence-electron chi connectivity index (χ4n) is 4.92. The number of rotatable bonds is 8. The van der Waals surface area contributed by atoms with Crippen molar-refractivity contribution in [1.82, 2.24) is 24.8 Å². The van der Waals surface area contributed by atoms with Crippen LogP contribution in [-0.4, -0.2) is 54.6 Å². The Morgan fingerprint density at radius 2 is 1.76 bits per heavy atom. The highest BCUT2D eigenvalue weighted by atomic mass is 35.5. The predicted molar refractivity (Wildman–Crippen MR) is 146 cm³/mol. The fourth-order valence-corrected chi connectivity index (χ4v) is 5.14. The normalized spacial score (nSPS) is 21.3. The van der Waals surface area contributed by atoms with E-state index >= 15 is 0 Å². The molecule has 0 amide bonds. The lowest BCUT2D eigenvalue weighted by Gasteiger charge is -2.17. The van der Waals surface area contributed by atoms with Gasteiger partial charge in [-0.2, -0.15) is 0 Å². The SMILES string of the molecule is O[C@@H]1[C@H](O)[C@@H](CNCc2cccc3ccccc23)O[C@H]1n1cnc2c(NCc3cccc(Cl)c3)ncnc21. The van der Waals surface area contributed by atoms with Crippen LogP contribution in [0.4, 0.5) is 5.82 Å². The van der Waals surface area contributed by atoms with Crippen molar-refractivity contribution in [2.45, 2.75) is 37.6 Å². The van der Waals surface area contributed by atoms with Gasteiger partial charge in [-0.3, -0.25) is 4.57 Å². The number of anilines is 1. The maximum Gasteiger partial charge on any atom is 0.167 e. The Balaban J connectivity index is 1.14.